The number of nitrogens with one attached hydrogen (secondary N) is 1. The Morgan fingerprint density at radius 2 is 1.71 bits per heavy atom. The Labute approximate surface area is 126 Å². The van der Waals surface area contributed by atoms with E-state index in [0.29, 0.717) is 11.3 Å². The predicted octanol–water partition coefficient (Wildman–Crippen LogP) is 2.94. The summed E-state index contributed by atoms with van der Waals surface area (Å²) in [4.78, 5) is 24.0. The third-order valence-electron chi connectivity index (χ3n) is 2.90. The highest BCUT2D eigenvalue weighted by Gasteiger charge is 2.10. The summed E-state index contributed by atoms with van der Waals surface area (Å²) in [6.07, 6.45) is 1.96. The second-order valence-corrected chi connectivity index (χ2v) is 5.17. The van der Waals surface area contributed by atoms with Crippen molar-refractivity contribution in [2.45, 2.75) is 4.90 Å². The van der Waals surface area contributed by atoms with Crippen LogP contribution >= 0.6 is 11.8 Å². The van der Waals surface area contributed by atoms with Crippen molar-refractivity contribution < 1.29 is 14.7 Å². The molecule has 0 spiro atoms. The van der Waals surface area contributed by atoms with Crippen LogP contribution in [0.1, 0.15) is 20.7 Å². The predicted molar refractivity (Wildman–Crippen MR) is 84.0 cm³/mol. The number of aromatic carboxylic acids is 1. The van der Waals surface area contributed by atoms with E-state index in [9.17, 15) is 9.59 Å². The molecular formula is C15H14N2O3S. The minimum Gasteiger partial charge on any atom is -0.478 e. The maximum Gasteiger partial charge on any atom is 0.335 e. The van der Waals surface area contributed by atoms with Gasteiger partial charge in [0.05, 0.1) is 16.9 Å². The Morgan fingerprint density at radius 1 is 1.10 bits per heavy atom. The van der Waals surface area contributed by atoms with E-state index in [4.69, 9.17) is 10.8 Å². The summed E-state index contributed by atoms with van der Waals surface area (Å²) in [6, 6.07) is 11.4. The molecule has 0 heterocycles. The first-order chi connectivity index (χ1) is 10.0. The van der Waals surface area contributed by atoms with Crippen molar-refractivity contribution in [2.24, 2.45) is 0 Å². The molecule has 2 rings (SSSR count). The van der Waals surface area contributed by atoms with Crippen LogP contribution < -0.4 is 11.1 Å². The van der Waals surface area contributed by atoms with E-state index in [0.717, 1.165) is 4.90 Å². The van der Waals surface area contributed by atoms with Gasteiger partial charge in [0.2, 0.25) is 0 Å². The molecule has 0 fully saturated rings. The van der Waals surface area contributed by atoms with E-state index in [1.54, 1.807) is 23.9 Å². The van der Waals surface area contributed by atoms with Gasteiger partial charge in [0.15, 0.2) is 0 Å². The van der Waals surface area contributed by atoms with Gasteiger partial charge in [-0.15, -0.1) is 11.8 Å². The van der Waals surface area contributed by atoms with Crippen LogP contribution in [-0.2, 0) is 0 Å². The van der Waals surface area contributed by atoms with Crippen LogP contribution in [0.3, 0.4) is 0 Å². The topological polar surface area (TPSA) is 92.4 Å². The highest BCUT2D eigenvalue weighted by atomic mass is 32.2. The fraction of sp³-hybridized carbons (Fsp3) is 0.0667. The number of amides is 1. The van der Waals surface area contributed by atoms with Crippen LogP contribution in [0.15, 0.2) is 47.4 Å². The van der Waals surface area contributed by atoms with Crippen molar-refractivity contribution in [2.75, 3.05) is 17.3 Å². The highest BCUT2D eigenvalue weighted by molar-refractivity contribution is 7.98. The van der Waals surface area contributed by atoms with Crippen molar-refractivity contribution in [3.63, 3.8) is 0 Å². The lowest BCUT2D eigenvalue weighted by Gasteiger charge is -2.09. The molecule has 0 aliphatic carbocycles. The molecule has 2 aromatic rings. The SMILES string of the molecule is CSc1ccc(C(=O)Nc2ccc(C(=O)O)cc2N)cc1. The summed E-state index contributed by atoms with van der Waals surface area (Å²) < 4.78 is 0. The molecule has 21 heavy (non-hydrogen) atoms. The zero-order chi connectivity index (χ0) is 15.4. The normalized spacial score (nSPS) is 10.1. The minimum atomic E-state index is -1.06. The number of anilines is 2. The Balaban J connectivity index is 2.17. The average molecular weight is 302 g/mol. The number of benzene rings is 2. The van der Waals surface area contributed by atoms with Crippen LogP contribution in [0.2, 0.25) is 0 Å². The molecule has 4 N–H and O–H groups in total. The van der Waals surface area contributed by atoms with E-state index in [-0.39, 0.29) is 17.2 Å². The van der Waals surface area contributed by atoms with E-state index >= 15 is 0 Å². The number of carboxylic acids is 1. The first-order valence-corrected chi connectivity index (χ1v) is 7.32. The van der Waals surface area contributed by atoms with Gasteiger partial charge in [0, 0.05) is 10.5 Å². The Morgan fingerprint density at radius 3 is 2.24 bits per heavy atom. The number of carbonyl (C=O) groups is 2. The first kappa shape index (κ1) is 14.9. The molecule has 6 heteroatoms. The second-order valence-electron chi connectivity index (χ2n) is 4.29. The highest BCUT2D eigenvalue weighted by Crippen LogP contribution is 2.21. The standard InChI is InChI=1S/C15H14N2O3S/c1-21-11-5-2-9(3-6-11)14(18)17-13-7-4-10(15(19)20)8-12(13)16/h2-8H,16H2,1H3,(H,17,18)(H,19,20). The quantitative estimate of drug-likeness (QED) is 0.596. The lowest BCUT2D eigenvalue weighted by atomic mass is 10.1. The van der Waals surface area contributed by atoms with Gasteiger partial charge in [-0.25, -0.2) is 4.79 Å². The zero-order valence-electron chi connectivity index (χ0n) is 11.3. The van der Waals surface area contributed by atoms with E-state index in [1.807, 2.05) is 18.4 Å². The van der Waals surface area contributed by atoms with Gasteiger partial charge in [-0.05, 0) is 48.7 Å². The molecular weight excluding hydrogens is 288 g/mol. The molecule has 1 amide bonds. The lowest BCUT2D eigenvalue weighted by Crippen LogP contribution is -2.13. The summed E-state index contributed by atoms with van der Waals surface area (Å²) in [5.41, 5.74) is 6.94. The van der Waals surface area contributed by atoms with Crippen LogP contribution in [0.4, 0.5) is 11.4 Å². The molecule has 0 aliphatic rings. The number of carbonyl (C=O) groups excluding carboxylic acids is 1. The number of carboxylic acid groups (broad SMARTS) is 1. The van der Waals surface area contributed by atoms with Crippen molar-refractivity contribution in [3.05, 3.63) is 53.6 Å². The maximum atomic E-state index is 12.1. The summed E-state index contributed by atoms with van der Waals surface area (Å²) in [7, 11) is 0. The monoisotopic (exact) mass is 302 g/mol. The molecule has 0 unspecified atom stereocenters. The molecule has 108 valence electrons. The van der Waals surface area contributed by atoms with Crippen molar-refractivity contribution in [3.8, 4) is 0 Å². The minimum absolute atomic E-state index is 0.0785. The molecule has 2 aromatic carbocycles. The second kappa shape index (κ2) is 6.32. The summed E-state index contributed by atoms with van der Waals surface area (Å²) in [6.45, 7) is 0. The molecule has 0 bridgehead atoms. The van der Waals surface area contributed by atoms with Crippen molar-refractivity contribution in [1.82, 2.24) is 0 Å². The van der Waals surface area contributed by atoms with Gasteiger partial charge >= 0.3 is 5.97 Å². The van der Waals surface area contributed by atoms with Gasteiger partial charge < -0.3 is 16.2 Å². The smallest absolute Gasteiger partial charge is 0.335 e. The van der Waals surface area contributed by atoms with Crippen molar-refractivity contribution in [1.29, 1.82) is 0 Å². The number of thioether (sulfide) groups is 1. The van der Waals surface area contributed by atoms with Gasteiger partial charge in [-0.2, -0.15) is 0 Å². The molecule has 0 atom stereocenters. The largest absolute Gasteiger partial charge is 0.478 e. The number of rotatable bonds is 4. The van der Waals surface area contributed by atoms with Gasteiger partial charge in [-0.1, -0.05) is 0 Å². The maximum absolute atomic E-state index is 12.1. The zero-order valence-corrected chi connectivity index (χ0v) is 12.1. The van der Waals surface area contributed by atoms with Crippen LogP contribution in [0.5, 0.6) is 0 Å². The number of nitrogen functional groups attached to an aromatic ring is 1. The molecule has 0 aliphatic heterocycles. The van der Waals surface area contributed by atoms with Gasteiger partial charge in [-0.3, -0.25) is 4.79 Å². The van der Waals surface area contributed by atoms with E-state index in [2.05, 4.69) is 5.32 Å². The summed E-state index contributed by atoms with van der Waals surface area (Å²) >= 11 is 1.59. The first-order valence-electron chi connectivity index (χ1n) is 6.09. The van der Waals surface area contributed by atoms with Gasteiger partial charge in [0.25, 0.3) is 5.91 Å². The van der Waals surface area contributed by atoms with E-state index < -0.39 is 5.97 Å². The van der Waals surface area contributed by atoms with Crippen LogP contribution in [0.25, 0.3) is 0 Å². The summed E-state index contributed by atoms with van der Waals surface area (Å²) in [5.74, 6) is -1.36. The van der Waals surface area contributed by atoms with Crippen LogP contribution in [0, 0.1) is 0 Å². The fourth-order valence-corrected chi connectivity index (χ4v) is 2.15. The molecule has 0 saturated heterocycles. The molecule has 0 radical (unpaired) electrons. The molecule has 0 aromatic heterocycles. The number of hydrogen-bond acceptors (Lipinski definition) is 4. The Kier molecular flexibility index (Phi) is 4.49. The number of nitrogens with two attached hydrogens (primary N) is 1. The van der Waals surface area contributed by atoms with Crippen LogP contribution in [-0.4, -0.2) is 23.2 Å². The fourth-order valence-electron chi connectivity index (χ4n) is 1.75. The molecule has 0 saturated carbocycles. The molecule has 5 nitrogen and oxygen atoms in total. The average Bonchev–Trinajstić information content (AvgIpc) is 2.49. The van der Waals surface area contributed by atoms with Crippen molar-refractivity contribution >= 4 is 35.0 Å². The third kappa shape index (κ3) is 3.55. The Hall–Kier alpha value is -2.47. The number of hydrogen-bond donors (Lipinski definition) is 3. The van der Waals surface area contributed by atoms with E-state index in [1.165, 1.54) is 18.2 Å². The summed E-state index contributed by atoms with van der Waals surface area (Å²) in [5, 5.41) is 11.5. The Bertz CT molecular complexity index is 684. The third-order valence-corrected chi connectivity index (χ3v) is 3.64. The van der Waals surface area contributed by atoms with Gasteiger partial charge in [0.1, 0.15) is 0 Å². The lowest BCUT2D eigenvalue weighted by molar-refractivity contribution is 0.0697.